The van der Waals surface area contributed by atoms with Gasteiger partial charge in [-0.1, -0.05) is 196 Å². The van der Waals surface area contributed by atoms with Gasteiger partial charge in [-0.15, -0.1) is 12.3 Å². The van der Waals surface area contributed by atoms with Crippen LogP contribution in [0.5, 0.6) is 0 Å². The fourth-order valence-corrected chi connectivity index (χ4v) is 7.82. The summed E-state index contributed by atoms with van der Waals surface area (Å²) in [6.45, 7) is 13.5. The summed E-state index contributed by atoms with van der Waals surface area (Å²) in [6.07, 6.45) is 46.7. The van der Waals surface area contributed by atoms with E-state index in [0.717, 1.165) is 110 Å². The van der Waals surface area contributed by atoms with E-state index in [0.29, 0.717) is 13.2 Å². The van der Waals surface area contributed by atoms with E-state index in [2.05, 4.69) is 38.5 Å². The molecule has 0 aliphatic rings. The third kappa shape index (κ3) is 38.0. The second kappa shape index (κ2) is 46.2. The van der Waals surface area contributed by atoms with Crippen LogP contribution in [0.4, 0.5) is 0 Å². The molecule has 332 valence electrons. The average molecular weight is 790 g/mol. The second-order valence-corrected chi connectivity index (χ2v) is 16.9. The Kier molecular flexibility index (Phi) is 46.6. The van der Waals surface area contributed by atoms with E-state index in [1.165, 1.54) is 135 Å². The van der Waals surface area contributed by atoms with Crippen LogP contribution < -0.4 is 0 Å². The third-order valence-corrected chi connectivity index (χ3v) is 11.6. The van der Waals surface area contributed by atoms with Crippen molar-refractivity contribution in [3.63, 3.8) is 0 Å². The van der Waals surface area contributed by atoms with Gasteiger partial charge in [0.05, 0.1) is 25.0 Å². The molecule has 0 aromatic carbocycles. The number of unbranched alkanes of at least 4 members (excludes halogenated alkanes) is 24. The van der Waals surface area contributed by atoms with Crippen LogP contribution in [0.25, 0.3) is 0 Å². The second-order valence-electron chi connectivity index (χ2n) is 16.9. The van der Waals surface area contributed by atoms with Crippen LogP contribution in [0.2, 0.25) is 0 Å². The zero-order chi connectivity index (χ0) is 40.3. The van der Waals surface area contributed by atoms with Crippen LogP contribution >= 0.6 is 0 Å². The first kappa shape index (κ1) is 56.6. The molecule has 0 aliphatic heterocycles. The van der Waals surface area contributed by atoms with Crippen molar-refractivity contribution in [1.82, 2.24) is 4.90 Å². The topological polar surface area (TPSA) is 55.8 Å². The Labute approximate surface area is 351 Å². The number of rotatable bonds is 44. The van der Waals surface area contributed by atoms with Crippen LogP contribution in [0.1, 0.15) is 260 Å². The molecule has 2 atom stereocenters. The largest absolute Gasteiger partial charge is 0.465 e. The van der Waals surface area contributed by atoms with E-state index in [1.54, 1.807) is 0 Å². The van der Waals surface area contributed by atoms with E-state index in [-0.39, 0.29) is 31.2 Å². The van der Waals surface area contributed by atoms with Gasteiger partial charge in [0.2, 0.25) is 0 Å². The van der Waals surface area contributed by atoms with E-state index in [9.17, 15) is 9.59 Å². The summed E-state index contributed by atoms with van der Waals surface area (Å²) in [5, 5.41) is 0. The molecule has 0 spiro atoms. The first-order chi connectivity index (χ1) is 27.0. The molecular formula is C51H99NO4. The molecule has 0 aromatic heterocycles. The van der Waals surface area contributed by atoms with Crippen molar-refractivity contribution in [2.24, 2.45) is 11.8 Å². The Balaban J connectivity index is 0. The summed E-state index contributed by atoms with van der Waals surface area (Å²) in [5.74, 6) is 3.13. The molecule has 0 rings (SSSR count). The van der Waals surface area contributed by atoms with Crippen LogP contribution in [0.15, 0.2) is 0 Å². The zero-order valence-electron chi connectivity index (χ0n) is 37.6. The molecule has 56 heavy (non-hydrogen) atoms. The minimum absolute atomic E-state index is 0. The molecule has 0 aromatic rings. The lowest BCUT2D eigenvalue weighted by molar-refractivity contribution is -0.150. The number of esters is 2. The number of hydrogen-bond acceptors (Lipinski definition) is 5. The van der Waals surface area contributed by atoms with Crippen molar-refractivity contribution in [1.29, 1.82) is 0 Å². The van der Waals surface area contributed by atoms with Crippen molar-refractivity contribution in [2.45, 2.75) is 260 Å². The maximum absolute atomic E-state index is 13.0. The van der Waals surface area contributed by atoms with E-state index in [1.807, 2.05) is 0 Å². The van der Waals surface area contributed by atoms with Crippen molar-refractivity contribution in [2.75, 3.05) is 32.8 Å². The smallest absolute Gasteiger partial charge is 0.308 e. The summed E-state index contributed by atoms with van der Waals surface area (Å²) in [6, 6.07) is 0. The Morgan fingerprint density at radius 3 is 1.07 bits per heavy atom. The molecule has 0 radical (unpaired) electrons. The van der Waals surface area contributed by atoms with Crippen LogP contribution in [0.3, 0.4) is 0 Å². The molecular weight excluding hydrogens is 691 g/mol. The maximum atomic E-state index is 13.0. The van der Waals surface area contributed by atoms with Crippen molar-refractivity contribution < 1.29 is 19.1 Å². The maximum Gasteiger partial charge on any atom is 0.308 e. The highest BCUT2D eigenvalue weighted by Gasteiger charge is 2.20. The van der Waals surface area contributed by atoms with E-state index in [4.69, 9.17) is 15.9 Å². The highest BCUT2D eigenvalue weighted by molar-refractivity contribution is 5.72. The summed E-state index contributed by atoms with van der Waals surface area (Å²) in [5.41, 5.74) is 0. The Bertz CT molecular complexity index is 853. The lowest BCUT2D eigenvalue weighted by atomic mass is 9.94. The van der Waals surface area contributed by atoms with Crippen LogP contribution in [0, 0.1) is 24.2 Å². The van der Waals surface area contributed by atoms with Gasteiger partial charge in [-0.3, -0.25) is 9.59 Å². The standard InChI is InChI=1S/C50H95NO4.CH4/c1-6-11-16-20-23-31-40-47(38-29-18-13-8-3)49(52)54-45-36-27-22-25-34-43-51(42-33-15-10-5)44-35-26-28-37-46-55-50(53)48(39-30-19-14-9-4)41-32-24-21-17-12-7-2;/h5,47-48H,6-9,11-46H2,1-4H3;1H4. The van der Waals surface area contributed by atoms with Gasteiger partial charge in [0.15, 0.2) is 0 Å². The molecule has 0 N–H and O–H groups in total. The fraction of sp³-hybridized carbons (Fsp3) is 0.922. The molecule has 0 fully saturated rings. The number of carbonyl (C=O) groups is 2. The number of hydrogen-bond donors (Lipinski definition) is 0. The highest BCUT2D eigenvalue weighted by Crippen LogP contribution is 2.22. The molecule has 0 saturated heterocycles. The minimum Gasteiger partial charge on any atom is -0.465 e. The number of carbonyl (C=O) groups excluding carboxylic acids is 2. The van der Waals surface area contributed by atoms with Gasteiger partial charge < -0.3 is 14.4 Å². The zero-order valence-corrected chi connectivity index (χ0v) is 37.6. The summed E-state index contributed by atoms with van der Waals surface area (Å²) in [7, 11) is 0. The Morgan fingerprint density at radius 1 is 0.429 bits per heavy atom. The molecule has 5 heteroatoms. The lowest BCUT2D eigenvalue weighted by Gasteiger charge is -2.22. The van der Waals surface area contributed by atoms with E-state index >= 15 is 0 Å². The van der Waals surface area contributed by atoms with Gasteiger partial charge in [-0.25, -0.2) is 0 Å². The fourth-order valence-electron chi connectivity index (χ4n) is 7.82. The quantitative estimate of drug-likeness (QED) is 0.0350. The number of terminal acetylenes is 1. The normalized spacial score (nSPS) is 12.3. The number of ether oxygens (including phenoxy) is 2. The summed E-state index contributed by atoms with van der Waals surface area (Å²) < 4.78 is 11.6. The van der Waals surface area contributed by atoms with Crippen molar-refractivity contribution in [3.05, 3.63) is 0 Å². The first-order valence-corrected chi connectivity index (χ1v) is 24.5. The van der Waals surface area contributed by atoms with Crippen LogP contribution in [-0.2, 0) is 19.1 Å². The average Bonchev–Trinajstić information content (AvgIpc) is 3.19. The van der Waals surface area contributed by atoms with Gasteiger partial charge >= 0.3 is 11.9 Å². The molecule has 0 saturated carbocycles. The number of nitrogens with zero attached hydrogens (tertiary/aromatic N) is 1. The lowest BCUT2D eigenvalue weighted by Crippen LogP contribution is -2.27. The van der Waals surface area contributed by atoms with Crippen LogP contribution in [-0.4, -0.2) is 49.7 Å². The molecule has 0 aliphatic carbocycles. The first-order valence-electron chi connectivity index (χ1n) is 24.5. The predicted molar refractivity (Wildman–Crippen MR) is 245 cm³/mol. The van der Waals surface area contributed by atoms with Crippen molar-refractivity contribution >= 4 is 11.9 Å². The molecule has 0 bridgehead atoms. The SMILES string of the molecule is C.C#CCCCN(CCCCCCCOC(=O)C(CCCCCC)CCCCCCCC)CCCCCCOC(=O)C(CCCCCC)CCCCCCCC. The Morgan fingerprint density at radius 2 is 0.714 bits per heavy atom. The molecule has 0 amide bonds. The minimum atomic E-state index is 0. The van der Waals surface area contributed by atoms with E-state index < -0.39 is 0 Å². The monoisotopic (exact) mass is 790 g/mol. The van der Waals surface area contributed by atoms with Gasteiger partial charge in [0, 0.05) is 6.42 Å². The van der Waals surface area contributed by atoms with Crippen molar-refractivity contribution in [3.8, 4) is 12.3 Å². The molecule has 0 heterocycles. The summed E-state index contributed by atoms with van der Waals surface area (Å²) in [4.78, 5) is 28.5. The molecule has 5 nitrogen and oxygen atoms in total. The Hall–Kier alpha value is -1.54. The summed E-state index contributed by atoms with van der Waals surface area (Å²) >= 11 is 0. The van der Waals surface area contributed by atoms with Gasteiger partial charge in [0.1, 0.15) is 0 Å². The predicted octanol–water partition coefficient (Wildman–Crippen LogP) is 15.6. The third-order valence-electron chi connectivity index (χ3n) is 11.6. The van der Waals surface area contributed by atoms with Gasteiger partial charge in [-0.2, -0.15) is 0 Å². The van der Waals surface area contributed by atoms with Gasteiger partial charge in [-0.05, 0) is 77.4 Å². The van der Waals surface area contributed by atoms with Gasteiger partial charge in [0.25, 0.3) is 0 Å². The highest BCUT2D eigenvalue weighted by atomic mass is 16.5. The molecule has 2 unspecified atom stereocenters.